The van der Waals surface area contributed by atoms with Crippen LogP contribution >= 0.6 is 0 Å². The maximum atomic E-state index is 12.6. The molecule has 1 aromatic heterocycles. The minimum Gasteiger partial charge on any atom is -0.480 e. The molecule has 3 N–H and O–H groups in total. The molecule has 0 saturated carbocycles. The van der Waals surface area contributed by atoms with Crippen LogP contribution < -0.4 is 5.32 Å². The first-order chi connectivity index (χ1) is 9.36. The Hall–Kier alpha value is -1.89. The Balaban J connectivity index is 2.29. The van der Waals surface area contributed by atoms with Crippen molar-refractivity contribution in [1.29, 1.82) is 0 Å². The standard InChI is InChI=1S/C13H20N4O3/c1-4-16-13(2,3)12(20)17-6-9-8(14-7-15-9)5-10(17)11(18)19/h7,10,16H,4-6H2,1-3H3,(H,14,15)(H,18,19). The molecule has 1 amide bonds. The van der Waals surface area contributed by atoms with Gasteiger partial charge in [0.15, 0.2) is 0 Å². The number of H-pyrrole nitrogens is 1. The van der Waals surface area contributed by atoms with E-state index in [4.69, 9.17) is 0 Å². The molecule has 110 valence electrons. The lowest BCUT2D eigenvalue weighted by Gasteiger charge is -2.38. The molecule has 0 bridgehead atoms. The molecule has 0 spiro atoms. The van der Waals surface area contributed by atoms with Crippen LogP contribution in [0.1, 0.15) is 32.2 Å². The van der Waals surface area contributed by atoms with Crippen molar-refractivity contribution in [2.45, 2.75) is 45.3 Å². The summed E-state index contributed by atoms with van der Waals surface area (Å²) in [5.41, 5.74) is 0.742. The Bertz CT molecular complexity index is 523. The molecule has 1 aromatic rings. The maximum absolute atomic E-state index is 12.6. The van der Waals surface area contributed by atoms with Gasteiger partial charge >= 0.3 is 5.97 Å². The number of aliphatic carboxylic acids is 1. The van der Waals surface area contributed by atoms with E-state index in [1.54, 1.807) is 13.8 Å². The molecular weight excluding hydrogens is 260 g/mol. The second-order valence-electron chi connectivity index (χ2n) is 5.47. The summed E-state index contributed by atoms with van der Waals surface area (Å²) in [6.45, 7) is 6.33. The van der Waals surface area contributed by atoms with Crippen molar-refractivity contribution in [3.8, 4) is 0 Å². The van der Waals surface area contributed by atoms with Gasteiger partial charge in [-0.05, 0) is 20.4 Å². The highest BCUT2D eigenvalue weighted by Gasteiger charge is 2.41. The zero-order chi connectivity index (χ0) is 14.9. The first kappa shape index (κ1) is 14.5. The number of aromatic amines is 1. The first-order valence-electron chi connectivity index (χ1n) is 6.67. The van der Waals surface area contributed by atoms with E-state index in [0.29, 0.717) is 6.54 Å². The number of nitrogens with zero attached hydrogens (tertiary/aromatic N) is 2. The number of hydrogen-bond donors (Lipinski definition) is 3. The third-order valence-electron chi connectivity index (χ3n) is 3.60. The number of nitrogens with one attached hydrogen (secondary N) is 2. The Morgan fingerprint density at radius 3 is 2.90 bits per heavy atom. The predicted molar refractivity (Wildman–Crippen MR) is 72.0 cm³/mol. The lowest BCUT2D eigenvalue weighted by molar-refractivity contribution is -0.154. The number of carboxylic acids is 1. The average molecular weight is 280 g/mol. The summed E-state index contributed by atoms with van der Waals surface area (Å²) in [7, 11) is 0. The summed E-state index contributed by atoms with van der Waals surface area (Å²) in [4.78, 5) is 32.5. The largest absolute Gasteiger partial charge is 0.480 e. The van der Waals surface area contributed by atoms with Crippen molar-refractivity contribution < 1.29 is 14.7 Å². The molecule has 20 heavy (non-hydrogen) atoms. The molecule has 0 fully saturated rings. The van der Waals surface area contributed by atoms with Gasteiger partial charge in [0.25, 0.3) is 0 Å². The van der Waals surface area contributed by atoms with Gasteiger partial charge in [-0.3, -0.25) is 4.79 Å². The van der Waals surface area contributed by atoms with Gasteiger partial charge < -0.3 is 20.3 Å². The van der Waals surface area contributed by atoms with Crippen molar-refractivity contribution in [3.05, 3.63) is 17.7 Å². The molecule has 2 rings (SSSR count). The van der Waals surface area contributed by atoms with Gasteiger partial charge in [-0.2, -0.15) is 0 Å². The number of rotatable bonds is 4. The Morgan fingerprint density at radius 2 is 2.30 bits per heavy atom. The lowest BCUT2D eigenvalue weighted by Crippen LogP contribution is -2.59. The minimum absolute atomic E-state index is 0.216. The van der Waals surface area contributed by atoms with Gasteiger partial charge in [-0.25, -0.2) is 9.78 Å². The van der Waals surface area contributed by atoms with Crippen molar-refractivity contribution in [3.63, 3.8) is 0 Å². The van der Waals surface area contributed by atoms with Crippen LogP contribution in [0, 0.1) is 0 Å². The van der Waals surface area contributed by atoms with Gasteiger partial charge in [0.1, 0.15) is 6.04 Å². The Labute approximate surface area is 117 Å². The third-order valence-corrected chi connectivity index (χ3v) is 3.60. The fourth-order valence-electron chi connectivity index (χ4n) is 2.55. The zero-order valence-corrected chi connectivity index (χ0v) is 11.9. The van der Waals surface area contributed by atoms with Crippen LogP contribution in [0.3, 0.4) is 0 Å². The number of carboxylic acid groups (broad SMARTS) is 1. The summed E-state index contributed by atoms with van der Waals surface area (Å²) in [6, 6.07) is -0.865. The first-order valence-corrected chi connectivity index (χ1v) is 6.67. The van der Waals surface area contributed by atoms with Crippen LogP contribution in [0.25, 0.3) is 0 Å². The van der Waals surface area contributed by atoms with Crippen LogP contribution in [-0.4, -0.2) is 50.0 Å². The summed E-state index contributed by atoms with van der Waals surface area (Å²) in [5, 5.41) is 12.5. The van der Waals surface area contributed by atoms with E-state index in [1.165, 1.54) is 11.2 Å². The van der Waals surface area contributed by atoms with E-state index in [2.05, 4.69) is 15.3 Å². The second kappa shape index (κ2) is 5.24. The minimum atomic E-state index is -1.00. The van der Waals surface area contributed by atoms with Gasteiger partial charge in [0.2, 0.25) is 5.91 Å². The topological polar surface area (TPSA) is 98.3 Å². The Kier molecular flexibility index (Phi) is 3.80. The number of hydrogen-bond acceptors (Lipinski definition) is 4. The van der Waals surface area contributed by atoms with E-state index < -0.39 is 17.6 Å². The molecule has 1 atom stereocenters. The highest BCUT2D eigenvalue weighted by molar-refractivity contribution is 5.90. The molecule has 7 nitrogen and oxygen atoms in total. The SMILES string of the molecule is CCNC(C)(C)C(=O)N1Cc2[nH]cnc2CC1C(=O)O. The van der Waals surface area contributed by atoms with Crippen molar-refractivity contribution in [2.75, 3.05) is 6.54 Å². The molecule has 0 saturated heterocycles. The molecule has 7 heteroatoms. The number of carbonyl (C=O) groups excluding carboxylic acids is 1. The maximum Gasteiger partial charge on any atom is 0.326 e. The van der Waals surface area contributed by atoms with Crippen LogP contribution in [0.5, 0.6) is 0 Å². The Morgan fingerprint density at radius 1 is 1.60 bits per heavy atom. The second-order valence-corrected chi connectivity index (χ2v) is 5.47. The van der Waals surface area contributed by atoms with Gasteiger partial charge in [0.05, 0.1) is 29.8 Å². The van der Waals surface area contributed by atoms with Crippen LogP contribution in [-0.2, 0) is 22.6 Å². The fraction of sp³-hybridized carbons (Fsp3) is 0.615. The monoisotopic (exact) mass is 280 g/mol. The van der Waals surface area contributed by atoms with E-state index >= 15 is 0 Å². The van der Waals surface area contributed by atoms with Gasteiger partial charge in [-0.15, -0.1) is 0 Å². The molecule has 1 aliphatic rings. The average Bonchev–Trinajstić information content (AvgIpc) is 2.83. The predicted octanol–water partition coefficient (Wildman–Crippen LogP) is 0.136. The number of aromatic nitrogens is 2. The van der Waals surface area contributed by atoms with Crippen LogP contribution in [0.15, 0.2) is 6.33 Å². The lowest BCUT2D eigenvalue weighted by atomic mass is 9.97. The quantitative estimate of drug-likeness (QED) is 0.728. The number of likely N-dealkylation sites (N-methyl/N-ethyl adjacent to an activating group) is 1. The third kappa shape index (κ3) is 2.53. The molecule has 0 aromatic carbocycles. The number of fused-ring (bicyclic) bond motifs is 1. The summed E-state index contributed by atoms with van der Waals surface area (Å²) >= 11 is 0. The van der Waals surface area contributed by atoms with Gasteiger partial charge in [0, 0.05) is 6.42 Å². The normalized spacial score (nSPS) is 18.8. The molecule has 1 unspecified atom stereocenters. The van der Waals surface area contributed by atoms with Crippen molar-refractivity contribution >= 4 is 11.9 Å². The number of imidazole rings is 1. The molecule has 2 heterocycles. The van der Waals surface area contributed by atoms with E-state index in [1.807, 2.05) is 6.92 Å². The fourth-order valence-corrected chi connectivity index (χ4v) is 2.55. The van der Waals surface area contributed by atoms with E-state index in [-0.39, 0.29) is 18.9 Å². The molecular formula is C13H20N4O3. The van der Waals surface area contributed by atoms with Crippen LogP contribution in [0.4, 0.5) is 0 Å². The molecule has 1 aliphatic heterocycles. The smallest absolute Gasteiger partial charge is 0.326 e. The highest BCUT2D eigenvalue weighted by atomic mass is 16.4. The summed E-state index contributed by atoms with van der Waals surface area (Å²) in [6.07, 6.45) is 1.77. The molecule has 0 radical (unpaired) electrons. The van der Waals surface area contributed by atoms with E-state index in [0.717, 1.165) is 11.4 Å². The zero-order valence-electron chi connectivity index (χ0n) is 11.9. The summed E-state index contributed by atoms with van der Waals surface area (Å²) < 4.78 is 0. The van der Waals surface area contributed by atoms with Gasteiger partial charge in [-0.1, -0.05) is 6.92 Å². The van der Waals surface area contributed by atoms with Crippen molar-refractivity contribution in [1.82, 2.24) is 20.2 Å². The van der Waals surface area contributed by atoms with Crippen LogP contribution in [0.2, 0.25) is 0 Å². The molecule has 0 aliphatic carbocycles. The number of amides is 1. The highest BCUT2D eigenvalue weighted by Crippen LogP contribution is 2.23. The van der Waals surface area contributed by atoms with Crippen molar-refractivity contribution in [2.24, 2.45) is 0 Å². The number of carbonyl (C=O) groups is 2. The van der Waals surface area contributed by atoms with E-state index in [9.17, 15) is 14.7 Å². The summed E-state index contributed by atoms with van der Waals surface area (Å²) in [5.74, 6) is -1.22.